The average molecular weight is 322 g/mol. The summed E-state index contributed by atoms with van der Waals surface area (Å²) in [4.78, 5) is 0. The third kappa shape index (κ3) is 14.9. The Kier molecular flexibility index (Phi) is 14.0. The fourth-order valence-corrected chi connectivity index (χ4v) is 2.86. The summed E-state index contributed by atoms with van der Waals surface area (Å²) in [6.45, 7) is 6.07. The van der Waals surface area contributed by atoms with E-state index in [4.69, 9.17) is 4.74 Å². The summed E-state index contributed by atoms with van der Waals surface area (Å²) in [5, 5.41) is 22.8. The lowest BCUT2D eigenvalue weighted by molar-refractivity contribution is 0.0296. The molecule has 0 aromatic heterocycles. The van der Waals surface area contributed by atoms with E-state index < -0.39 is 11.7 Å². The Morgan fingerprint density at radius 3 is 2.52 bits per heavy atom. The van der Waals surface area contributed by atoms with Crippen LogP contribution in [0.25, 0.3) is 0 Å². The quantitative estimate of drug-likeness (QED) is 0.404. The molecule has 0 amide bonds. The van der Waals surface area contributed by atoms with E-state index in [1.54, 1.807) is 18.7 Å². The Morgan fingerprint density at radius 2 is 1.86 bits per heavy atom. The van der Waals surface area contributed by atoms with Crippen LogP contribution in [0.1, 0.15) is 52.4 Å². The van der Waals surface area contributed by atoms with Crippen molar-refractivity contribution in [2.45, 2.75) is 64.1 Å². The molecule has 128 valence electrons. The number of unbranched alkanes of at least 4 members (excludes halogenated alkanes) is 5. The van der Waals surface area contributed by atoms with Gasteiger partial charge in [-0.3, -0.25) is 0 Å². The fraction of sp³-hybridized carbons (Fsp3) is 1.00. The molecule has 0 spiro atoms. The molecule has 0 heterocycles. The molecule has 5 heteroatoms. The second-order valence-electron chi connectivity index (χ2n) is 6.06. The van der Waals surface area contributed by atoms with Crippen LogP contribution in [0.2, 0.25) is 0 Å². The Morgan fingerprint density at radius 1 is 1.19 bits per heavy atom. The highest BCUT2D eigenvalue weighted by molar-refractivity contribution is 7.98. The van der Waals surface area contributed by atoms with Gasteiger partial charge < -0.3 is 20.3 Å². The van der Waals surface area contributed by atoms with Gasteiger partial charge in [0.1, 0.15) is 0 Å². The SMILES string of the molecule is CCCCCCCCOCC(O)CNCC(C)(O)CSC. The molecule has 0 fully saturated rings. The van der Waals surface area contributed by atoms with Crippen LogP contribution in [0.5, 0.6) is 0 Å². The predicted octanol–water partition coefficient (Wildman–Crippen LogP) is 2.43. The van der Waals surface area contributed by atoms with Crippen molar-refractivity contribution in [1.29, 1.82) is 0 Å². The first-order valence-electron chi connectivity index (χ1n) is 8.19. The molecule has 2 atom stereocenters. The largest absolute Gasteiger partial charge is 0.389 e. The van der Waals surface area contributed by atoms with Crippen molar-refractivity contribution in [3.8, 4) is 0 Å². The zero-order valence-electron chi connectivity index (χ0n) is 14.1. The summed E-state index contributed by atoms with van der Waals surface area (Å²) >= 11 is 1.62. The maximum atomic E-state index is 9.97. The highest BCUT2D eigenvalue weighted by Crippen LogP contribution is 2.09. The van der Waals surface area contributed by atoms with Crippen molar-refractivity contribution >= 4 is 11.8 Å². The van der Waals surface area contributed by atoms with Gasteiger partial charge >= 0.3 is 0 Å². The molecule has 0 aliphatic heterocycles. The van der Waals surface area contributed by atoms with Crippen LogP contribution in [0.15, 0.2) is 0 Å². The second kappa shape index (κ2) is 13.8. The summed E-state index contributed by atoms with van der Waals surface area (Å²) in [5.41, 5.74) is -0.724. The fourth-order valence-electron chi connectivity index (χ4n) is 2.13. The molecule has 0 aliphatic carbocycles. The van der Waals surface area contributed by atoms with E-state index in [1.165, 1.54) is 32.1 Å². The first kappa shape index (κ1) is 21.2. The van der Waals surface area contributed by atoms with E-state index >= 15 is 0 Å². The molecule has 0 aromatic rings. The monoisotopic (exact) mass is 321 g/mol. The van der Waals surface area contributed by atoms with Gasteiger partial charge in [0.15, 0.2) is 0 Å². The molecular weight excluding hydrogens is 286 g/mol. The number of thioether (sulfide) groups is 1. The number of nitrogens with one attached hydrogen (secondary N) is 1. The minimum Gasteiger partial charge on any atom is -0.389 e. The van der Waals surface area contributed by atoms with Crippen LogP contribution < -0.4 is 5.32 Å². The van der Waals surface area contributed by atoms with Gasteiger partial charge in [-0.2, -0.15) is 11.8 Å². The molecule has 0 rings (SSSR count). The molecule has 21 heavy (non-hydrogen) atoms. The summed E-state index contributed by atoms with van der Waals surface area (Å²) < 4.78 is 5.48. The van der Waals surface area contributed by atoms with E-state index in [0.29, 0.717) is 25.4 Å². The highest BCUT2D eigenvalue weighted by atomic mass is 32.2. The Hall–Kier alpha value is 0.190. The van der Waals surface area contributed by atoms with E-state index in [-0.39, 0.29) is 0 Å². The number of aliphatic hydroxyl groups excluding tert-OH is 1. The zero-order chi connectivity index (χ0) is 16.0. The Balaban J connectivity index is 3.36. The van der Waals surface area contributed by atoms with Gasteiger partial charge in [-0.1, -0.05) is 39.0 Å². The smallest absolute Gasteiger partial charge is 0.0897 e. The van der Waals surface area contributed by atoms with Crippen molar-refractivity contribution in [3.05, 3.63) is 0 Å². The maximum Gasteiger partial charge on any atom is 0.0897 e. The normalized spacial score (nSPS) is 15.9. The van der Waals surface area contributed by atoms with Crippen LogP contribution in [0, 0.1) is 0 Å². The molecule has 0 aliphatic rings. The van der Waals surface area contributed by atoms with Gasteiger partial charge in [-0.15, -0.1) is 0 Å². The van der Waals surface area contributed by atoms with Crippen LogP contribution in [-0.2, 0) is 4.74 Å². The van der Waals surface area contributed by atoms with Gasteiger partial charge in [-0.25, -0.2) is 0 Å². The van der Waals surface area contributed by atoms with Crippen LogP contribution in [-0.4, -0.2) is 60.2 Å². The molecule has 3 N–H and O–H groups in total. The third-order valence-electron chi connectivity index (χ3n) is 3.29. The molecule has 0 aromatic carbocycles. The van der Waals surface area contributed by atoms with Crippen molar-refractivity contribution in [2.75, 3.05) is 38.3 Å². The van der Waals surface area contributed by atoms with Crippen molar-refractivity contribution in [3.63, 3.8) is 0 Å². The molecule has 0 radical (unpaired) electrons. The molecular formula is C16H35NO3S. The molecule has 0 saturated carbocycles. The van der Waals surface area contributed by atoms with Gasteiger partial charge in [0.2, 0.25) is 0 Å². The summed E-state index contributed by atoms with van der Waals surface area (Å²) in [6.07, 6.45) is 8.96. The number of aliphatic hydroxyl groups is 2. The van der Waals surface area contributed by atoms with Gasteiger partial charge in [0, 0.05) is 25.4 Å². The van der Waals surface area contributed by atoms with Crippen LogP contribution >= 0.6 is 11.8 Å². The van der Waals surface area contributed by atoms with Crippen molar-refractivity contribution < 1.29 is 14.9 Å². The summed E-state index contributed by atoms with van der Waals surface area (Å²) in [5.74, 6) is 0.685. The standard InChI is InChI=1S/C16H35NO3S/c1-4-5-6-7-8-9-10-20-12-15(18)11-17-13-16(2,19)14-21-3/h15,17-19H,4-14H2,1-3H3. The van der Waals surface area contributed by atoms with E-state index in [0.717, 1.165) is 13.0 Å². The van der Waals surface area contributed by atoms with E-state index in [2.05, 4.69) is 12.2 Å². The van der Waals surface area contributed by atoms with Crippen molar-refractivity contribution in [2.24, 2.45) is 0 Å². The lowest BCUT2D eigenvalue weighted by Gasteiger charge is -2.23. The minimum atomic E-state index is -0.724. The number of rotatable bonds is 15. The van der Waals surface area contributed by atoms with E-state index in [1.807, 2.05) is 6.26 Å². The maximum absolute atomic E-state index is 9.97. The van der Waals surface area contributed by atoms with Gasteiger partial charge in [-0.05, 0) is 19.6 Å². The first-order chi connectivity index (χ1) is 10.0. The molecule has 2 unspecified atom stereocenters. The van der Waals surface area contributed by atoms with Crippen LogP contribution in [0.4, 0.5) is 0 Å². The average Bonchev–Trinajstić information content (AvgIpc) is 2.41. The summed E-state index contributed by atoms with van der Waals surface area (Å²) in [7, 11) is 0. The molecule has 4 nitrogen and oxygen atoms in total. The summed E-state index contributed by atoms with van der Waals surface area (Å²) in [6, 6.07) is 0. The number of ether oxygens (including phenoxy) is 1. The van der Waals surface area contributed by atoms with Crippen molar-refractivity contribution in [1.82, 2.24) is 5.32 Å². The van der Waals surface area contributed by atoms with Crippen LogP contribution in [0.3, 0.4) is 0 Å². The van der Waals surface area contributed by atoms with Gasteiger partial charge in [0.05, 0.1) is 18.3 Å². The zero-order valence-corrected chi connectivity index (χ0v) is 14.9. The Labute approximate surface area is 135 Å². The molecule has 0 bridgehead atoms. The topological polar surface area (TPSA) is 61.7 Å². The predicted molar refractivity (Wildman–Crippen MR) is 92.1 cm³/mol. The third-order valence-corrected chi connectivity index (χ3v) is 4.20. The first-order valence-corrected chi connectivity index (χ1v) is 9.59. The molecule has 0 saturated heterocycles. The lowest BCUT2D eigenvalue weighted by atomic mass is 10.1. The highest BCUT2D eigenvalue weighted by Gasteiger charge is 2.19. The minimum absolute atomic E-state index is 0.368. The van der Waals surface area contributed by atoms with E-state index in [9.17, 15) is 10.2 Å². The lowest BCUT2D eigenvalue weighted by Crippen LogP contribution is -2.43. The number of hydrogen-bond acceptors (Lipinski definition) is 5. The second-order valence-corrected chi connectivity index (χ2v) is 6.92. The number of hydrogen-bond donors (Lipinski definition) is 3. The Bertz CT molecular complexity index is 228. The van der Waals surface area contributed by atoms with Gasteiger partial charge in [0.25, 0.3) is 0 Å².